The molecule has 35 heavy (non-hydrogen) atoms. The normalized spacial score (nSPS) is 14.8. The van der Waals surface area contributed by atoms with E-state index in [1.807, 2.05) is 31.2 Å². The van der Waals surface area contributed by atoms with Crippen molar-refractivity contribution in [1.29, 1.82) is 0 Å². The molecule has 0 radical (unpaired) electrons. The zero-order chi connectivity index (χ0) is 25.4. The van der Waals surface area contributed by atoms with Crippen molar-refractivity contribution in [2.75, 3.05) is 13.2 Å². The van der Waals surface area contributed by atoms with Crippen molar-refractivity contribution in [3.8, 4) is 11.1 Å². The van der Waals surface area contributed by atoms with Crippen LogP contribution in [0.4, 0.5) is 4.79 Å². The van der Waals surface area contributed by atoms with Crippen molar-refractivity contribution in [1.82, 2.24) is 10.6 Å². The lowest BCUT2D eigenvalue weighted by Crippen LogP contribution is -2.47. The van der Waals surface area contributed by atoms with E-state index in [9.17, 15) is 19.5 Å². The van der Waals surface area contributed by atoms with Crippen LogP contribution in [0.1, 0.15) is 56.6 Å². The third-order valence-corrected chi connectivity index (χ3v) is 6.59. The lowest BCUT2D eigenvalue weighted by Gasteiger charge is -2.19. The summed E-state index contributed by atoms with van der Waals surface area (Å²) in [5, 5.41) is 23.7. The number of aliphatic carboxylic acids is 1. The highest BCUT2D eigenvalue weighted by molar-refractivity contribution is 5.84. The van der Waals surface area contributed by atoms with Crippen molar-refractivity contribution >= 4 is 18.0 Å². The molecule has 0 aromatic heterocycles. The van der Waals surface area contributed by atoms with Gasteiger partial charge >= 0.3 is 12.1 Å². The van der Waals surface area contributed by atoms with Gasteiger partial charge in [0, 0.05) is 18.9 Å². The maximum absolute atomic E-state index is 12.3. The maximum atomic E-state index is 12.3. The number of carbonyl (C=O) groups is 3. The van der Waals surface area contributed by atoms with E-state index in [1.54, 1.807) is 0 Å². The van der Waals surface area contributed by atoms with Gasteiger partial charge in [-0.05, 0) is 47.9 Å². The second kappa shape index (κ2) is 12.4. The van der Waals surface area contributed by atoms with Crippen LogP contribution in [0.3, 0.4) is 0 Å². The van der Waals surface area contributed by atoms with Gasteiger partial charge in [-0.3, -0.25) is 4.79 Å². The fourth-order valence-corrected chi connectivity index (χ4v) is 4.55. The number of alkyl carbamates (subject to hydrolysis) is 1. The lowest BCUT2D eigenvalue weighted by molar-refractivity contribution is -0.144. The molecule has 188 valence electrons. The molecule has 0 bridgehead atoms. The van der Waals surface area contributed by atoms with Crippen LogP contribution in [0, 0.1) is 5.92 Å². The van der Waals surface area contributed by atoms with E-state index >= 15 is 0 Å². The molecule has 2 amide bonds. The average Bonchev–Trinajstić information content (AvgIpc) is 3.16. The number of hydrogen-bond donors (Lipinski definition) is 4. The molecular weight excluding hydrogens is 448 g/mol. The summed E-state index contributed by atoms with van der Waals surface area (Å²) in [5.41, 5.74) is 4.67. The molecule has 0 heterocycles. The number of benzene rings is 2. The fourth-order valence-electron chi connectivity index (χ4n) is 4.55. The Bertz CT molecular complexity index is 992. The summed E-state index contributed by atoms with van der Waals surface area (Å²) in [7, 11) is 0. The van der Waals surface area contributed by atoms with Gasteiger partial charge in [0.15, 0.2) is 6.04 Å². The van der Waals surface area contributed by atoms with Crippen LogP contribution >= 0.6 is 0 Å². The third-order valence-electron chi connectivity index (χ3n) is 6.59. The van der Waals surface area contributed by atoms with E-state index in [2.05, 4.69) is 34.9 Å². The summed E-state index contributed by atoms with van der Waals surface area (Å²) >= 11 is 0. The summed E-state index contributed by atoms with van der Waals surface area (Å²) in [5.74, 6) is -1.50. The van der Waals surface area contributed by atoms with Crippen LogP contribution in [-0.2, 0) is 14.3 Å². The highest BCUT2D eigenvalue weighted by Crippen LogP contribution is 2.44. The quantitative estimate of drug-likeness (QED) is 0.366. The summed E-state index contributed by atoms with van der Waals surface area (Å²) in [6, 6.07) is 15.0. The topological polar surface area (TPSA) is 125 Å². The van der Waals surface area contributed by atoms with Gasteiger partial charge < -0.3 is 25.6 Å². The zero-order valence-electron chi connectivity index (χ0n) is 20.2. The molecule has 0 spiro atoms. The molecule has 1 unspecified atom stereocenters. The second-order valence-corrected chi connectivity index (χ2v) is 8.98. The van der Waals surface area contributed by atoms with Gasteiger partial charge in [0.25, 0.3) is 0 Å². The second-order valence-electron chi connectivity index (χ2n) is 8.98. The number of aliphatic hydroxyl groups excluding tert-OH is 1. The van der Waals surface area contributed by atoms with E-state index in [-0.39, 0.29) is 24.9 Å². The predicted octanol–water partition coefficient (Wildman–Crippen LogP) is 3.67. The van der Waals surface area contributed by atoms with Gasteiger partial charge in [-0.1, -0.05) is 61.9 Å². The monoisotopic (exact) mass is 482 g/mol. The van der Waals surface area contributed by atoms with Crippen molar-refractivity contribution in [3.05, 3.63) is 59.7 Å². The molecule has 2 aromatic rings. The van der Waals surface area contributed by atoms with E-state index in [0.29, 0.717) is 19.4 Å². The van der Waals surface area contributed by atoms with Gasteiger partial charge in [-0.15, -0.1) is 0 Å². The molecule has 3 atom stereocenters. The first kappa shape index (κ1) is 26.2. The summed E-state index contributed by atoms with van der Waals surface area (Å²) in [4.78, 5) is 35.5. The van der Waals surface area contributed by atoms with Crippen LogP contribution < -0.4 is 10.6 Å². The number of rotatable bonds is 12. The van der Waals surface area contributed by atoms with Crippen LogP contribution in [0.5, 0.6) is 0 Å². The van der Waals surface area contributed by atoms with Crippen molar-refractivity contribution in [2.45, 2.75) is 57.6 Å². The first-order valence-corrected chi connectivity index (χ1v) is 12.1. The number of amides is 2. The van der Waals surface area contributed by atoms with Crippen molar-refractivity contribution < 1.29 is 29.3 Å². The largest absolute Gasteiger partial charge is 0.480 e. The average molecular weight is 483 g/mol. The molecule has 2 aromatic carbocycles. The number of hydrogen-bond acceptors (Lipinski definition) is 5. The summed E-state index contributed by atoms with van der Waals surface area (Å²) < 4.78 is 5.55. The Kier molecular flexibility index (Phi) is 9.25. The molecule has 0 fully saturated rings. The number of nitrogens with one attached hydrogen (secondary N) is 2. The van der Waals surface area contributed by atoms with Gasteiger partial charge in [-0.2, -0.15) is 0 Å². The minimum absolute atomic E-state index is 0.00585. The van der Waals surface area contributed by atoms with Crippen molar-refractivity contribution in [3.63, 3.8) is 0 Å². The first-order chi connectivity index (χ1) is 16.8. The van der Waals surface area contributed by atoms with Gasteiger partial charge in [-0.25, -0.2) is 9.59 Å². The van der Waals surface area contributed by atoms with E-state index in [1.165, 1.54) is 18.1 Å². The molecular formula is C27H34N2O6. The Morgan fingerprint density at radius 1 is 1.00 bits per heavy atom. The highest BCUT2D eigenvalue weighted by atomic mass is 16.5. The van der Waals surface area contributed by atoms with E-state index in [4.69, 9.17) is 9.84 Å². The molecule has 3 rings (SSSR count). The van der Waals surface area contributed by atoms with Gasteiger partial charge in [0.1, 0.15) is 6.61 Å². The number of carboxylic acid groups (broad SMARTS) is 1. The smallest absolute Gasteiger partial charge is 0.407 e. The number of aliphatic hydroxyl groups is 1. The molecule has 1 aliphatic rings. The Balaban J connectivity index is 1.41. The number of fused-ring (bicyclic) bond motifs is 3. The molecule has 4 N–H and O–H groups in total. The number of ether oxygens (including phenoxy) is 1. The lowest BCUT2D eigenvalue weighted by atomic mass is 9.96. The molecule has 0 saturated heterocycles. The minimum Gasteiger partial charge on any atom is -0.480 e. The third kappa shape index (κ3) is 6.82. The summed E-state index contributed by atoms with van der Waals surface area (Å²) in [6.45, 7) is 4.00. The Morgan fingerprint density at radius 3 is 2.14 bits per heavy atom. The number of carboxylic acids is 1. The Labute approximate surface area is 205 Å². The maximum Gasteiger partial charge on any atom is 0.407 e. The van der Waals surface area contributed by atoms with Crippen LogP contribution in [0.2, 0.25) is 0 Å². The summed E-state index contributed by atoms with van der Waals surface area (Å²) in [6.07, 6.45) is 0.548. The first-order valence-electron chi connectivity index (χ1n) is 12.1. The van der Waals surface area contributed by atoms with E-state index < -0.39 is 30.1 Å². The number of carbonyl (C=O) groups excluding carboxylic acids is 2. The molecule has 8 nitrogen and oxygen atoms in total. The Morgan fingerprint density at radius 2 is 1.60 bits per heavy atom. The molecule has 0 saturated carbocycles. The molecule has 1 aliphatic carbocycles. The van der Waals surface area contributed by atoms with Gasteiger partial charge in [0.2, 0.25) is 5.91 Å². The predicted molar refractivity (Wildman–Crippen MR) is 132 cm³/mol. The molecule has 8 heteroatoms. The van der Waals surface area contributed by atoms with Crippen LogP contribution in [-0.4, -0.2) is 53.5 Å². The van der Waals surface area contributed by atoms with Crippen molar-refractivity contribution in [2.24, 2.45) is 5.92 Å². The standard InChI is InChI=1S/C27H34N2O6/c1-3-18(12-13-24(31)29-25(17(2)30)26(32)33)14-15-28-27(34)35-16-23-21-10-6-4-8-19(21)20-9-5-7-11-22(20)23/h4-11,17-18,23,25,30H,3,12-16H2,1-2H3,(H,28,34)(H,29,31)(H,32,33)/t17-,18?,25+/m1/s1. The van der Waals surface area contributed by atoms with Crippen LogP contribution in [0.25, 0.3) is 11.1 Å². The fraction of sp³-hybridized carbons (Fsp3) is 0.444. The Hall–Kier alpha value is -3.39. The van der Waals surface area contributed by atoms with E-state index in [0.717, 1.165) is 17.5 Å². The van der Waals surface area contributed by atoms with Gasteiger partial charge in [0.05, 0.1) is 6.10 Å². The molecule has 0 aliphatic heterocycles. The minimum atomic E-state index is -1.32. The van der Waals surface area contributed by atoms with Crippen LogP contribution in [0.15, 0.2) is 48.5 Å². The highest BCUT2D eigenvalue weighted by Gasteiger charge is 2.29. The zero-order valence-corrected chi connectivity index (χ0v) is 20.2. The SMILES string of the molecule is CCC(CCNC(=O)OCC1c2ccccc2-c2ccccc21)CCC(=O)N[C@H](C(=O)O)[C@@H](C)O.